The van der Waals surface area contributed by atoms with Crippen LogP contribution in [-0.2, 0) is 17.8 Å². The fourth-order valence-corrected chi connectivity index (χ4v) is 1.82. The van der Waals surface area contributed by atoms with E-state index in [1.54, 1.807) is 7.05 Å². The summed E-state index contributed by atoms with van der Waals surface area (Å²) < 4.78 is 1.21. The standard InChI is InChI=1S/C14H16N4O3/c1-3-10-4-6-11(7-5-10)17(2)13(19)9-18-8-12(14(20)21)15-16-18/h4-8H,3,9H2,1-2H3,(H,20,21). The molecule has 0 aliphatic heterocycles. The molecule has 0 bridgehead atoms. The number of benzene rings is 1. The molecule has 0 spiro atoms. The van der Waals surface area contributed by atoms with Gasteiger partial charge in [0.25, 0.3) is 0 Å². The smallest absolute Gasteiger partial charge is 0.358 e. The highest BCUT2D eigenvalue weighted by atomic mass is 16.4. The fraction of sp³-hybridized carbons (Fsp3) is 0.286. The molecule has 1 aromatic heterocycles. The Morgan fingerprint density at radius 1 is 1.29 bits per heavy atom. The summed E-state index contributed by atoms with van der Waals surface area (Å²) in [5.74, 6) is -1.38. The molecule has 0 unspecified atom stereocenters. The third-order valence-corrected chi connectivity index (χ3v) is 3.16. The lowest BCUT2D eigenvalue weighted by Crippen LogP contribution is -2.30. The third kappa shape index (κ3) is 3.44. The quantitative estimate of drug-likeness (QED) is 0.893. The number of carboxylic acid groups (broad SMARTS) is 1. The minimum Gasteiger partial charge on any atom is -0.476 e. The second-order valence-corrected chi connectivity index (χ2v) is 4.58. The van der Waals surface area contributed by atoms with Gasteiger partial charge in [0.2, 0.25) is 5.91 Å². The van der Waals surface area contributed by atoms with Gasteiger partial charge in [0, 0.05) is 12.7 Å². The van der Waals surface area contributed by atoms with Gasteiger partial charge in [0.1, 0.15) is 6.54 Å². The highest BCUT2D eigenvalue weighted by Gasteiger charge is 2.14. The van der Waals surface area contributed by atoms with Crippen LogP contribution in [0, 0.1) is 0 Å². The van der Waals surface area contributed by atoms with Crippen molar-refractivity contribution in [1.82, 2.24) is 15.0 Å². The molecule has 2 rings (SSSR count). The van der Waals surface area contributed by atoms with Crippen molar-refractivity contribution in [1.29, 1.82) is 0 Å². The summed E-state index contributed by atoms with van der Waals surface area (Å²) in [6.07, 6.45) is 2.17. The molecule has 0 aliphatic rings. The van der Waals surface area contributed by atoms with Gasteiger partial charge in [-0.25, -0.2) is 9.48 Å². The van der Waals surface area contributed by atoms with E-state index in [2.05, 4.69) is 17.2 Å². The Hall–Kier alpha value is -2.70. The van der Waals surface area contributed by atoms with E-state index in [-0.39, 0.29) is 18.1 Å². The first-order chi connectivity index (χ1) is 10.0. The lowest BCUT2D eigenvalue weighted by Gasteiger charge is -2.17. The lowest BCUT2D eigenvalue weighted by atomic mass is 10.1. The van der Waals surface area contributed by atoms with Crippen LogP contribution in [-0.4, -0.2) is 39.0 Å². The number of carbonyl (C=O) groups is 2. The van der Waals surface area contributed by atoms with Gasteiger partial charge in [-0.3, -0.25) is 4.79 Å². The summed E-state index contributed by atoms with van der Waals surface area (Å²) in [5.41, 5.74) is 1.79. The number of anilines is 1. The molecular weight excluding hydrogens is 272 g/mol. The van der Waals surface area contributed by atoms with E-state index in [0.29, 0.717) is 0 Å². The van der Waals surface area contributed by atoms with Gasteiger partial charge in [0.05, 0.1) is 6.20 Å². The van der Waals surface area contributed by atoms with Crippen molar-refractivity contribution in [2.75, 3.05) is 11.9 Å². The number of amides is 1. The molecule has 1 amide bonds. The number of hydrogen-bond acceptors (Lipinski definition) is 4. The first-order valence-electron chi connectivity index (χ1n) is 6.50. The second kappa shape index (κ2) is 6.17. The molecule has 0 atom stereocenters. The zero-order valence-electron chi connectivity index (χ0n) is 11.9. The van der Waals surface area contributed by atoms with Crippen LogP contribution in [0.15, 0.2) is 30.5 Å². The van der Waals surface area contributed by atoms with Gasteiger partial charge in [-0.1, -0.05) is 24.3 Å². The zero-order valence-corrected chi connectivity index (χ0v) is 11.9. The molecule has 0 aliphatic carbocycles. The number of rotatable bonds is 5. The van der Waals surface area contributed by atoms with Crippen molar-refractivity contribution < 1.29 is 14.7 Å². The van der Waals surface area contributed by atoms with Crippen molar-refractivity contribution in [2.24, 2.45) is 0 Å². The van der Waals surface area contributed by atoms with Crippen LogP contribution in [0.5, 0.6) is 0 Å². The van der Waals surface area contributed by atoms with E-state index in [1.165, 1.54) is 21.3 Å². The summed E-state index contributed by atoms with van der Waals surface area (Å²) in [4.78, 5) is 24.3. The maximum Gasteiger partial charge on any atom is 0.358 e. The first-order valence-corrected chi connectivity index (χ1v) is 6.50. The molecule has 0 radical (unpaired) electrons. The number of hydrogen-bond donors (Lipinski definition) is 1. The van der Waals surface area contributed by atoms with Gasteiger partial charge < -0.3 is 10.0 Å². The van der Waals surface area contributed by atoms with Crippen LogP contribution in [0.1, 0.15) is 23.0 Å². The van der Waals surface area contributed by atoms with Gasteiger partial charge >= 0.3 is 5.97 Å². The number of aromatic carboxylic acids is 1. The maximum atomic E-state index is 12.1. The number of aryl methyl sites for hydroxylation is 1. The van der Waals surface area contributed by atoms with Crippen molar-refractivity contribution in [2.45, 2.75) is 19.9 Å². The summed E-state index contributed by atoms with van der Waals surface area (Å²) in [7, 11) is 1.67. The molecule has 1 heterocycles. The molecule has 7 nitrogen and oxygen atoms in total. The van der Waals surface area contributed by atoms with E-state index in [1.807, 2.05) is 24.3 Å². The number of likely N-dealkylation sites (N-methyl/N-ethyl adjacent to an activating group) is 1. The monoisotopic (exact) mass is 288 g/mol. The van der Waals surface area contributed by atoms with Crippen molar-refractivity contribution in [3.63, 3.8) is 0 Å². The molecule has 7 heteroatoms. The SMILES string of the molecule is CCc1ccc(N(C)C(=O)Cn2cc(C(=O)O)nn2)cc1. The zero-order chi connectivity index (χ0) is 15.4. The minimum absolute atomic E-state index is 0.0632. The third-order valence-electron chi connectivity index (χ3n) is 3.16. The Morgan fingerprint density at radius 3 is 2.48 bits per heavy atom. The number of aromatic nitrogens is 3. The molecule has 0 saturated heterocycles. The number of carboxylic acids is 1. The Morgan fingerprint density at radius 2 is 1.95 bits per heavy atom. The van der Waals surface area contributed by atoms with Crippen LogP contribution in [0.3, 0.4) is 0 Å². The molecule has 2 aromatic rings. The van der Waals surface area contributed by atoms with Gasteiger partial charge in [-0.05, 0) is 24.1 Å². The van der Waals surface area contributed by atoms with Gasteiger partial charge in [-0.15, -0.1) is 5.10 Å². The van der Waals surface area contributed by atoms with Crippen molar-refractivity contribution >= 4 is 17.6 Å². The van der Waals surface area contributed by atoms with E-state index < -0.39 is 5.97 Å². The predicted octanol–water partition coefficient (Wildman–Crippen LogP) is 1.20. The normalized spacial score (nSPS) is 10.4. The molecule has 0 saturated carbocycles. The Kier molecular flexibility index (Phi) is 4.32. The predicted molar refractivity (Wildman–Crippen MR) is 76.2 cm³/mol. The largest absolute Gasteiger partial charge is 0.476 e. The van der Waals surface area contributed by atoms with Gasteiger partial charge in [0.15, 0.2) is 5.69 Å². The Bertz CT molecular complexity index is 648. The molecule has 110 valence electrons. The van der Waals surface area contributed by atoms with Gasteiger partial charge in [-0.2, -0.15) is 0 Å². The van der Waals surface area contributed by atoms with E-state index in [0.717, 1.165) is 12.1 Å². The summed E-state index contributed by atoms with van der Waals surface area (Å²) in [5, 5.41) is 15.8. The second-order valence-electron chi connectivity index (χ2n) is 4.58. The Labute approximate surface area is 121 Å². The summed E-state index contributed by atoms with van der Waals surface area (Å²) in [6, 6.07) is 7.69. The number of carbonyl (C=O) groups excluding carboxylic acids is 1. The van der Waals surface area contributed by atoms with Crippen LogP contribution in [0.25, 0.3) is 0 Å². The lowest BCUT2D eigenvalue weighted by molar-refractivity contribution is -0.119. The number of nitrogens with zero attached hydrogens (tertiary/aromatic N) is 4. The highest BCUT2D eigenvalue weighted by molar-refractivity contribution is 5.92. The van der Waals surface area contributed by atoms with E-state index >= 15 is 0 Å². The molecular formula is C14H16N4O3. The van der Waals surface area contributed by atoms with E-state index in [9.17, 15) is 9.59 Å². The van der Waals surface area contributed by atoms with E-state index in [4.69, 9.17) is 5.11 Å². The Balaban J connectivity index is 2.05. The molecule has 0 fully saturated rings. The average Bonchev–Trinajstić information content (AvgIpc) is 2.95. The minimum atomic E-state index is -1.17. The summed E-state index contributed by atoms with van der Waals surface area (Å²) >= 11 is 0. The molecule has 1 aromatic carbocycles. The molecule has 1 N–H and O–H groups in total. The maximum absolute atomic E-state index is 12.1. The highest BCUT2D eigenvalue weighted by Crippen LogP contribution is 2.14. The van der Waals surface area contributed by atoms with Crippen molar-refractivity contribution in [3.8, 4) is 0 Å². The summed E-state index contributed by atoms with van der Waals surface area (Å²) in [6.45, 7) is 2.00. The first kappa shape index (κ1) is 14.7. The van der Waals surface area contributed by atoms with Crippen LogP contribution in [0.2, 0.25) is 0 Å². The van der Waals surface area contributed by atoms with Crippen LogP contribution >= 0.6 is 0 Å². The van der Waals surface area contributed by atoms with Crippen LogP contribution in [0.4, 0.5) is 5.69 Å². The molecule has 21 heavy (non-hydrogen) atoms. The van der Waals surface area contributed by atoms with Crippen molar-refractivity contribution in [3.05, 3.63) is 41.7 Å². The topological polar surface area (TPSA) is 88.3 Å². The fourth-order valence-electron chi connectivity index (χ4n) is 1.82. The average molecular weight is 288 g/mol. The van der Waals surface area contributed by atoms with Crippen LogP contribution < -0.4 is 4.90 Å².